The van der Waals surface area contributed by atoms with Crippen molar-refractivity contribution in [1.29, 1.82) is 5.26 Å². The van der Waals surface area contributed by atoms with Crippen LogP contribution in [0.5, 0.6) is 0 Å². The topological polar surface area (TPSA) is 23.8 Å². The fraction of sp³-hybridized carbons (Fsp3) is 0.222. The second-order valence-electron chi connectivity index (χ2n) is 2.20. The van der Waals surface area contributed by atoms with Gasteiger partial charge in [-0.2, -0.15) is 5.26 Å². The molecule has 0 aromatic heterocycles. The highest BCUT2D eigenvalue weighted by Gasteiger charge is 1.97. The van der Waals surface area contributed by atoms with Gasteiger partial charge in [0.15, 0.2) is 0 Å². The average molecular weight is 131 g/mol. The van der Waals surface area contributed by atoms with Gasteiger partial charge in [-0.3, -0.25) is 0 Å². The van der Waals surface area contributed by atoms with Gasteiger partial charge in [0.05, 0.1) is 6.07 Å². The Bertz CT molecular complexity index is 215. The Morgan fingerprint density at radius 2 is 2.40 bits per heavy atom. The molecule has 1 nitrogen and oxygen atoms in total. The molecule has 0 aromatic carbocycles. The Morgan fingerprint density at radius 3 is 3.00 bits per heavy atom. The smallest absolute Gasteiger partial charge is 0.0908 e. The van der Waals surface area contributed by atoms with Crippen LogP contribution in [0.1, 0.15) is 6.42 Å². The van der Waals surface area contributed by atoms with Gasteiger partial charge < -0.3 is 0 Å². The van der Waals surface area contributed by atoms with E-state index in [2.05, 4.69) is 12.2 Å². The van der Waals surface area contributed by atoms with Crippen LogP contribution in [-0.2, 0) is 0 Å². The predicted molar refractivity (Wildman–Crippen MR) is 41.1 cm³/mol. The summed E-state index contributed by atoms with van der Waals surface area (Å²) in [5.74, 6) is 0.435. The molecule has 0 spiro atoms. The molecule has 0 bridgehead atoms. The maximum atomic E-state index is 8.22. The Labute approximate surface area is 61.0 Å². The Balaban J connectivity index is 2.46. The molecule has 10 heavy (non-hydrogen) atoms. The van der Waals surface area contributed by atoms with Gasteiger partial charge in [0.1, 0.15) is 0 Å². The van der Waals surface area contributed by atoms with Crippen molar-refractivity contribution < 1.29 is 0 Å². The minimum atomic E-state index is 0.435. The van der Waals surface area contributed by atoms with Gasteiger partial charge in [0.25, 0.3) is 0 Å². The molecular weight excluding hydrogens is 122 g/mol. The van der Waals surface area contributed by atoms with Crippen LogP contribution in [0.4, 0.5) is 0 Å². The van der Waals surface area contributed by atoms with Gasteiger partial charge in [0.2, 0.25) is 0 Å². The number of nitrogens with zero attached hydrogens (tertiary/aromatic N) is 1. The first-order valence-electron chi connectivity index (χ1n) is 3.33. The molecule has 1 unspecified atom stereocenters. The van der Waals surface area contributed by atoms with Crippen LogP contribution >= 0.6 is 0 Å². The minimum Gasteiger partial charge on any atom is -0.193 e. The third kappa shape index (κ3) is 1.91. The number of hydrogen-bond donors (Lipinski definition) is 0. The molecule has 0 fully saturated rings. The molecule has 0 amide bonds. The highest BCUT2D eigenvalue weighted by Crippen LogP contribution is 2.11. The first-order valence-corrected chi connectivity index (χ1v) is 3.33. The average Bonchev–Trinajstić information content (AvgIpc) is 2.03. The quantitative estimate of drug-likeness (QED) is 0.500. The molecule has 0 radical (unpaired) electrons. The van der Waals surface area contributed by atoms with E-state index in [1.165, 1.54) is 6.08 Å². The van der Waals surface area contributed by atoms with Gasteiger partial charge in [-0.15, -0.1) is 0 Å². The van der Waals surface area contributed by atoms with Gasteiger partial charge in [-0.25, -0.2) is 0 Å². The highest BCUT2D eigenvalue weighted by atomic mass is 14.2. The lowest BCUT2D eigenvalue weighted by molar-refractivity contribution is 0.822. The van der Waals surface area contributed by atoms with Crippen molar-refractivity contribution in [3.63, 3.8) is 0 Å². The summed E-state index contributed by atoms with van der Waals surface area (Å²) in [5, 5.41) is 8.22. The number of rotatable bonds is 1. The molecule has 0 aliphatic heterocycles. The third-order valence-corrected chi connectivity index (χ3v) is 1.43. The zero-order chi connectivity index (χ0) is 7.23. The van der Waals surface area contributed by atoms with E-state index >= 15 is 0 Å². The molecule has 0 saturated carbocycles. The molecule has 0 N–H and O–H groups in total. The van der Waals surface area contributed by atoms with Crippen molar-refractivity contribution in [3.05, 3.63) is 36.5 Å². The number of hydrogen-bond acceptors (Lipinski definition) is 1. The first kappa shape index (κ1) is 6.82. The fourth-order valence-corrected chi connectivity index (χ4v) is 0.909. The second-order valence-corrected chi connectivity index (χ2v) is 2.20. The van der Waals surface area contributed by atoms with Gasteiger partial charge in [-0.05, 0) is 12.3 Å². The summed E-state index contributed by atoms with van der Waals surface area (Å²) < 4.78 is 0. The van der Waals surface area contributed by atoms with Crippen molar-refractivity contribution in [2.24, 2.45) is 5.92 Å². The van der Waals surface area contributed by atoms with Crippen molar-refractivity contribution >= 4 is 0 Å². The van der Waals surface area contributed by atoms with Crippen molar-refractivity contribution in [2.75, 3.05) is 0 Å². The Morgan fingerprint density at radius 1 is 1.50 bits per heavy atom. The standard InChI is InChI=1S/C9H9N/c10-8-4-7-9-5-2-1-3-6-9/h1-5,7,9H,6H2. The number of allylic oxidation sites excluding steroid dienone is 6. The van der Waals surface area contributed by atoms with Crippen LogP contribution in [0.3, 0.4) is 0 Å². The fourth-order valence-electron chi connectivity index (χ4n) is 0.909. The maximum absolute atomic E-state index is 8.22. The van der Waals surface area contributed by atoms with E-state index < -0.39 is 0 Å². The Kier molecular flexibility index (Phi) is 2.51. The normalized spacial score (nSPS) is 23.3. The molecule has 0 saturated heterocycles. The molecular formula is C9H9N. The monoisotopic (exact) mass is 131 g/mol. The van der Waals surface area contributed by atoms with Crippen LogP contribution in [0.25, 0.3) is 0 Å². The maximum Gasteiger partial charge on any atom is 0.0908 e. The molecule has 1 aliphatic rings. The summed E-state index contributed by atoms with van der Waals surface area (Å²) in [6.07, 6.45) is 12.7. The summed E-state index contributed by atoms with van der Waals surface area (Å²) in [4.78, 5) is 0. The van der Waals surface area contributed by atoms with Crippen molar-refractivity contribution in [2.45, 2.75) is 6.42 Å². The van der Waals surface area contributed by atoms with E-state index in [1.54, 1.807) is 0 Å². The summed E-state index contributed by atoms with van der Waals surface area (Å²) in [6, 6.07) is 1.98. The van der Waals surface area contributed by atoms with Gasteiger partial charge >= 0.3 is 0 Å². The highest BCUT2D eigenvalue weighted by molar-refractivity contribution is 5.17. The van der Waals surface area contributed by atoms with Crippen LogP contribution in [0.15, 0.2) is 36.5 Å². The molecule has 50 valence electrons. The summed E-state index contributed by atoms with van der Waals surface area (Å²) in [6.45, 7) is 0. The molecule has 1 rings (SSSR count). The molecule has 0 heterocycles. The molecule has 1 aliphatic carbocycles. The van der Waals surface area contributed by atoms with E-state index in [-0.39, 0.29) is 0 Å². The van der Waals surface area contributed by atoms with Crippen LogP contribution in [-0.4, -0.2) is 0 Å². The predicted octanol–water partition coefficient (Wildman–Crippen LogP) is 2.20. The van der Waals surface area contributed by atoms with Gasteiger partial charge in [-0.1, -0.05) is 30.4 Å². The largest absolute Gasteiger partial charge is 0.193 e. The molecule has 0 aromatic rings. The molecule has 1 heteroatoms. The zero-order valence-corrected chi connectivity index (χ0v) is 5.70. The second kappa shape index (κ2) is 3.68. The van der Waals surface area contributed by atoms with Crippen molar-refractivity contribution in [1.82, 2.24) is 0 Å². The SMILES string of the molecule is N#CC=CC1C=CC=CC1. The van der Waals surface area contributed by atoms with Crippen LogP contribution in [0, 0.1) is 17.2 Å². The van der Waals surface area contributed by atoms with Crippen molar-refractivity contribution in [3.8, 4) is 6.07 Å². The van der Waals surface area contributed by atoms with E-state index in [9.17, 15) is 0 Å². The lowest BCUT2D eigenvalue weighted by Gasteiger charge is -2.04. The van der Waals surface area contributed by atoms with E-state index in [0.29, 0.717) is 5.92 Å². The Hall–Kier alpha value is -1.29. The minimum absolute atomic E-state index is 0.435. The summed E-state index contributed by atoms with van der Waals surface area (Å²) in [5.41, 5.74) is 0. The van der Waals surface area contributed by atoms with E-state index in [0.717, 1.165) is 6.42 Å². The van der Waals surface area contributed by atoms with Crippen LogP contribution < -0.4 is 0 Å². The third-order valence-electron chi connectivity index (χ3n) is 1.43. The lowest BCUT2D eigenvalue weighted by Crippen LogP contribution is -1.91. The summed E-state index contributed by atoms with van der Waals surface area (Å²) >= 11 is 0. The first-order chi connectivity index (χ1) is 4.93. The zero-order valence-electron chi connectivity index (χ0n) is 5.70. The number of nitriles is 1. The molecule has 1 atom stereocenters. The lowest BCUT2D eigenvalue weighted by atomic mass is 10.0. The van der Waals surface area contributed by atoms with Gasteiger partial charge in [0, 0.05) is 6.08 Å². The van der Waals surface area contributed by atoms with E-state index in [4.69, 9.17) is 5.26 Å². The van der Waals surface area contributed by atoms with E-state index in [1.807, 2.05) is 24.3 Å². The van der Waals surface area contributed by atoms with Crippen LogP contribution in [0.2, 0.25) is 0 Å². The summed E-state index contributed by atoms with van der Waals surface area (Å²) in [7, 11) is 0.